The number of nitrogens with one attached hydrogen (secondary N) is 1. The van der Waals surface area contributed by atoms with Gasteiger partial charge in [0.1, 0.15) is 5.75 Å². The molecule has 9 heteroatoms. The van der Waals surface area contributed by atoms with Crippen molar-refractivity contribution in [2.75, 3.05) is 36.6 Å². The van der Waals surface area contributed by atoms with Crippen molar-refractivity contribution in [3.8, 4) is 5.75 Å². The molecule has 0 fully saturated rings. The van der Waals surface area contributed by atoms with E-state index in [2.05, 4.69) is 5.32 Å². The van der Waals surface area contributed by atoms with Crippen LogP contribution in [0.4, 0.5) is 11.4 Å². The number of nitrogens with zero attached hydrogens (tertiary/aromatic N) is 1. The number of methoxy groups -OCH3 is 2. The van der Waals surface area contributed by atoms with E-state index in [-0.39, 0.29) is 18.9 Å². The number of carbonyl (C=O) groups excluding carboxylic acids is 2. The molecule has 0 spiro atoms. The van der Waals surface area contributed by atoms with Crippen molar-refractivity contribution in [2.45, 2.75) is 19.8 Å². The van der Waals surface area contributed by atoms with E-state index >= 15 is 0 Å². The predicted octanol–water partition coefficient (Wildman–Crippen LogP) is 2.98. The van der Waals surface area contributed by atoms with Crippen LogP contribution in [0, 0.1) is 6.92 Å². The molecule has 162 valence electrons. The van der Waals surface area contributed by atoms with Gasteiger partial charge in [-0.25, -0.2) is 13.2 Å². The van der Waals surface area contributed by atoms with Crippen LogP contribution in [0.15, 0.2) is 42.5 Å². The molecule has 0 radical (unpaired) electrons. The van der Waals surface area contributed by atoms with Crippen molar-refractivity contribution in [1.29, 1.82) is 0 Å². The summed E-state index contributed by atoms with van der Waals surface area (Å²) >= 11 is 0. The SMILES string of the molecule is COC(=O)c1cccc(NC(=O)CCCN(c2ccc(OC)cc2)S(C)(=O)=O)c1C. The van der Waals surface area contributed by atoms with Crippen LogP contribution in [0.5, 0.6) is 5.75 Å². The fourth-order valence-electron chi connectivity index (χ4n) is 2.93. The Kier molecular flexibility index (Phi) is 7.82. The highest BCUT2D eigenvalue weighted by molar-refractivity contribution is 7.92. The monoisotopic (exact) mass is 434 g/mol. The molecule has 0 saturated heterocycles. The first-order valence-corrected chi connectivity index (χ1v) is 11.1. The van der Waals surface area contributed by atoms with Crippen molar-refractivity contribution >= 4 is 33.3 Å². The molecule has 2 aromatic rings. The summed E-state index contributed by atoms with van der Waals surface area (Å²) in [4.78, 5) is 24.1. The van der Waals surface area contributed by atoms with Gasteiger partial charge in [-0.2, -0.15) is 0 Å². The summed E-state index contributed by atoms with van der Waals surface area (Å²) in [5.41, 5.74) is 1.99. The van der Waals surface area contributed by atoms with Gasteiger partial charge in [0.15, 0.2) is 0 Å². The maximum Gasteiger partial charge on any atom is 0.338 e. The van der Waals surface area contributed by atoms with Crippen LogP contribution >= 0.6 is 0 Å². The van der Waals surface area contributed by atoms with E-state index in [0.29, 0.717) is 34.7 Å². The largest absolute Gasteiger partial charge is 0.497 e. The first-order chi connectivity index (χ1) is 14.2. The summed E-state index contributed by atoms with van der Waals surface area (Å²) in [7, 11) is -0.682. The molecule has 8 nitrogen and oxygen atoms in total. The molecule has 0 aliphatic rings. The lowest BCUT2D eigenvalue weighted by Crippen LogP contribution is -2.31. The highest BCUT2D eigenvalue weighted by Gasteiger charge is 2.18. The van der Waals surface area contributed by atoms with Gasteiger partial charge in [-0.1, -0.05) is 6.07 Å². The zero-order valence-corrected chi connectivity index (χ0v) is 18.3. The lowest BCUT2D eigenvalue weighted by atomic mass is 10.1. The number of rotatable bonds is 9. The smallest absolute Gasteiger partial charge is 0.338 e. The Labute approximate surface area is 176 Å². The van der Waals surface area contributed by atoms with E-state index < -0.39 is 16.0 Å². The van der Waals surface area contributed by atoms with Crippen LogP contribution < -0.4 is 14.4 Å². The predicted molar refractivity (Wildman–Crippen MR) is 116 cm³/mol. The van der Waals surface area contributed by atoms with Gasteiger partial charge in [-0.05, 0) is 55.3 Å². The number of sulfonamides is 1. The van der Waals surface area contributed by atoms with Gasteiger partial charge in [0, 0.05) is 18.7 Å². The molecular formula is C21H26N2O6S. The van der Waals surface area contributed by atoms with Gasteiger partial charge < -0.3 is 14.8 Å². The molecule has 0 unspecified atom stereocenters. The Morgan fingerprint density at radius 2 is 1.73 bits per heavy atom. The third-order valence-corrected chi connectivity index (χ3v) is 5.73. The lowest BCUT2D eigenvalue weighted by Gasteiger charge is -2.22. The second-order valence-electron chi connectivity index (χ2n) is 6.65. The van der Waals surface area contributed by atoms with E-state index in [9.17, 15) is 18.0 Å². The summed E-state index contributed by atoms with van der Waals surface area (Å²) in [5, 5.41) is 2.77. The van der Waals surface area contributed by atoms with Gasteiger partial charge in [-0.3, -0.25) is 9.10 Å². The molecule has 0 aromatic heterocycles. The number of benzene rings is 2. The van der Waals surface area contributed by atoms with Crippen LogP contribution in [0.2, 0.25) is 0 Å². The third kappa shape index (κ3) is 5.96. The summed E-state index contributed by atoms with van der Waals surface area (Å²) in [6.45, 7) is 1.87. The number of esters is 1. The molecule has 0 aliphatic carbocycles. The fraction of sp³-hybridized carbons (Fsp3) is 0.333. The summed E-state index contributed by atoms with van der Waals surface area (Å²) in [6.07, 6.45) is 1.56. The molecule has 0 saturated carbocycles. The fourth-order valence-corrected chi connectivity index (χ4v) is 3.90. The van der Waals surface area contributed by atoms with Gasteiger partial charge in [0.25, 0.3) is 0 Å². The molecular weight excluding hydrogens is 408 g/mol. The van der Waals surface area contributed by atoms with Gasteiger partial charge in [0.05, 0.1) is 31.7 Å². The first-order valence-electron chi connectivity index (χ1n) is 9.27. The van der Waals surface area contributed by atoms with E-state index in [0.717, 1.165) is 6.26 Å². The van der Waals surface area contributed by atoms with Gasteiger partial charge >= 0.3 is 5.97 Å². The minimum absolute atomic E-state index is 0.115. The molecule has 2 rings (SSSR count). The minimum Gasteiger partial charge on any atom is -0.497 e. The quantitative estimate of drug-likeness (QED) is 0.609. The Morgan fingerprint density at radius 3 is 2.30 bits per heavy atom. The molecule has 0 heterocycles. The zero-order chi connectivity index (χ0) is 22.3. The molecule has 30 heavy (non-hydrogen) atoms. The topological polar surface area (TPSA) is 102 Å². The number of amides is 1. The highest BCUT2D eigenvalue weighted by atomic mass is 32.2. The maximum absolute atomic E-state index is 12.4. The van der Waals surface area contributed by atoms with Crippen molar-refractivity contribution in [2.24, 2.45) is 0 Å². The normalized spacial score (nSPS) is 10.9. The number of hydrogen-bond acceptors (Lipinski definition) is 6. The molecule has 2 aromatic carbocycles. The standard InChI is InChI=1S/C21H26N2O6S/c1-15-18(21(25)29-3)7-5-8-19(15)22-20(24)9-6-14-23(30(4,26)27)16-10-12-17(28-2)13-11-16/h5,7-8,10-13H,6,9,14H2,1-4H3,(H,22,24). The summed E-state index contributed by atoms with van der Waals surface area (Å²) in [6, 6.07) is 11.6. The van der Waals surface area contributed by atoms with Crippen LogP contribution in [0.1, 0.15) is 28.8 Å². The van der Waals surface area contributed by atoms with Crippen molar-refractivity contribution in [3.05, 3.63) is 53.6 Å². The van der Waals surface area contributed by atoms with E-state index in [1.54, 1.807) is 49.4 Å². The number of anilines is 2. The second kappa shape index (κ2) is 10.1. The number of carbonyl (C=O) groups is 2. The average Bonchev–Trinajstić information content (AvgIpc) is 2.71. The van der Waals surface area contributed by atoms with E-state index in [1.807, 2.05) is 0 Å². The Morgan fingerprint density at radius 1 is 1.07 bits per heavy atom. The number of ether oxygens (including phenoxy) is 2. The van der Waals surface area contributed by atoms with Gasteiger partial charge in [-0.15, -0.1) is 0 Å². The maximum atomic E-state index is 12.4. The van der Waals surface area contributed by atoms with Crippen molar-refractivity contribution in [3.63, 3.8) is 0 Å². The van der Waals surface area contributed by atoms with E-state index in [4.69, 9.17) is 9.47 Å². The van der Waals surface area contributed by atoms with Crippen LogP contribution in [-0.2, 0) is 19.6 Å². The highest BCUT2D eigenvalue weighted by Crippen LogP contribution is 2.23. The Hall–Kier alpha value is -3.07. The second-order valence-corrected chi connectivity index (χ2v) is 8.56. The first kappa shape index (κ1) is 23.2. The summed E-state index contributed by atoms with van der Waals surface area (Å²) < 4.78 is 35.4. The van der Waals surface area contributed by atoms with Gasteiger partial charge in [0.2, 0.25) is 15.9 Å². The Balaban J connectivity index is 2.02. The molecule has 0 atom stereocenters. The zero-order valence-electron chi connectivity index (χ0n) is 17.5. The Bertz CT molecular complexity index is 1000. The molecule has 1 amide bonds. The van der Waals surface area contributed by atoms with Crippen LogP contribution in [0.25, 0.3) is 0 Å². The van der Waals surface area contributed by atoms with Crippen LogP contribution in [0.3, 0.4) is 0 Å². The lowest BCUT2D eigenvalue weighted by molar-refractivity contribution is -0.116. The molecule has 0 bridgehead atoms. The van der Waals surface area contributed by atoms with E-state index in [1.165, 1.54) is 18.5 Å². The average molecular weight is 435 g/mol. The number of hydrogen-bond donors (Lipinski definition) is 1. The van der Waals surface area contributed by atoms with Crippen molar-refractivity contribution < 1.29 is 27.5 Å². The third-order valence-electron chi connectivity index (χ3n) is 4.54. The van der Waals surface area contributed by atoms with Crippen LogP contribution in [-0.4, -0.2) is 47.3 Å². The molecule has 1 N–H and O–H groups in total. The minimum atomic E-state index is -3.51. The molecule has 0 aliphatic heterocycles. The van der Waals surface area contributed by atoms with Crippen molar-refractivity contribution in [1.82, 2.24) is 0 Å². The summed E-state index contributed by atoms with van der Waals surface area (Å²) in [5.74, 6) is -0.133.